The van der Waals surface area contributed by atoms with Crippen molar-refractivity contribution < 1.29 is 18.4 Å². The largest absolute Gasteiger partial charge is 0.350 e. The van der Waals surface area contributed by atoms with Crippen LogP contribution in [-0.4, -0.2) is 36.5 Å². The van der Waals surface area contributed by atoms with Gasteiger partial charge in [-0.1, -0.05) is 17.7 Å². The zero-order chi connectivity index (χ0) is 14.9. The Balaban J connectivity index is 2.01. The molecule has 3 amide bonds. The summed E-state index contributed by atoms with van der Waals surface area (Å²) in [5.74, 6) is -2.59. The van der Waals surface area contributed by atoms with E-state index in [9.17, 15) is 18.4 Å². The van der Waals surface area contributed by atoms with Crippen LogP contribution in [0.5, 0.6) is 0 Å². The summed E-state index contributed by atoms with van der Waals surface area (Å²) in [5.41, 5.74) is 0.263. The number of hydrogen-bond donors (Lipinski definition) is 2. The van der Waals surface area contributed by atoms with E-state index in [1.165, 1.54) is 18.0 Å². The Morgan fingerprint density at radius 3 is 2.85 bits per heavy atom. The van der Waals surface area contributed by atoms with Gasteiger partial charge < -0.3 is 15.5 Å². The summed E-state index contributed by atoms with van der Waals surface area (Å²) in [5, 5.41) is 4.69. The number of carbonyl (C=O) groups excluding carboxylic acids is 2. The fourth-order valence-corrected chi connectivity index (χ4v) is 2.08. The van der Waals surface area contributed by atoms with E-state index in [0.29, 0.717) is 0 Å². The molecular weight excluding hydrogens is 292 g/mol. The van der Waals surface area contributed by atoms with Crippen LogP contribution in [0, 0.1) is 11.6 Å². The SMILES string of the molecule is CN1C(=O)NC[C@H]1C(=O)NCc1ccc(F)c(F)c1Cl. The van der Waals surface area contributed by atoms with Gasteiger partial charge in [0.05, 0.1) is 5.02 Å². The fourth-order valence-electron chi connectivity index (χ4n) is 1.86. The molecule has 8 heteroatoms. The van der Waals surface area contributed by atoms with Gasteiger partial charge in [0.1, 0.15) is 6.04 Å². The Kier molecular flexibility index (Phi) is 4.08. The van der Waals surface area contributed by atoms with E-state index < -0.39 is 23.6 Å². The molecule has 2 rings (SSSR count). The maximum Gasteiger partial charge on any atom is 0.317 e. The number of likely N-dealkylation sites (N-methyl/N-ethyl adjacent to an activating group) is 1. The Hall–Kier alpha value is -1.89. The highest BCUT2D eigenvalue weighted by molar-refractivity contribution is 6.31. The van der Waals surface area contributed by atoms with Crippen LogP contribution < -0.4 is 10.6 Å². The standard InChI is InChI=1S/C12H12ClF2N3O2/c1-18-8(5-17-12(18)20)11(19)16-4-6-2-3-7(14)10(15)9(6)13/h2-3,8H,4-5H2,1H3,(H,16,19)(H,17,20)/t8-/m0/s1. The number of nitrogens with zero attached hydrogens (tertiary/aromatic N) is 1. The van der Waals surface area contributed by atoms with Crippen molar-refractivity contribution in [3.05, 3.63) is 34.4 Å². The van der Waals surface area contributed by atoms with Gasteiger partial charge in [-0.25, -0.2) is 13.6 Å². The predicted octanol–water partition coefficient (Wildman–Crippen LogP) is 1.26. The second kappa shape index (κ2) is 5.62. The molecule has 1 aromatic rings. The lowest BCUT2D eigenvalue weighted by molar-refractivity contribution is -0.124. The van der Waals surface area contributed by atoms with Crippen LogP contribution in [0.15, 0.2) is 12.1 Å². The molecule has 0 unspecified atom stereocenters. The van der Waals surface area contributed by atoms with Gasteiger partial charge in [0, 0.05) is 20.1 Å². The van der Waals surface area contributed by atoms with Gasteiger partial charge in [-0.15, -0.1) is 0 Å². The molecule has 1 fully saturated rings. The van der Waals surface area contributed by atoms with Crippen molar-refractivity contribution in [2.45, 2.75) is 12.6 Å². The van der Waals surface area contributed by atoms with Gasteiger partial charge in [0.25, 0.3) is 0 Å². The van der Waals surface area contributed by atoms with Gasteiger partial charge in [-0.2, -0.15) is 0 Å². The second-order valence-electron chi connectivity index (χ2n) is 4.37. The minimum Gasteiger partial charge on any atom is -0.350 e. The highest BCUT2D eigenvalue weighted by Gasteiger charge is 2.32. The number of halogens is 3. The number of amides is 3. The number of carbonyl (C=O) groups is 2. The van der Waals surface area contributed by atoms with Crippen LogP contribution >= 0.6 is 11.6 Å². The average Bonchev–Trinajstić information content (AvgIpc) is 2.75. The van der Waals surface area contributed by atoms with Crippen molar-refractivity contribution in [1.29, 1.82) is 0 Å². The molecule has 1 saturated heterocycles. The molecule has 108 valence electrons. The lowest BCUT2D eigenvalue weighted by Crippen LogP contribution is -2.43. The molecule has 2 N–H and O–H groups in total. The molecule has 0 saturated carbocycles. The zero-order valence-electron chi connectivity index (χ0n) is 10.5. The summed E-state index contributed by atoms with van der Waals surface area (Å²) < 4.78 is 26.1. The van der Waals surface area contributed by atoms with Gasteiger partial charge in [-0.3, -0.25) is 4.79 Å². The average molecular weight is 304 g/mol. The molecule has 1 heterocycles. The summed E-state index contributed by atoms with van der Waals surface area (Å²) in [6, 6.07) is 1.26. The van der Waals surface area contributed by atoms with Crippen molar-refractivity contribution in [1.82, 2.24) is 15.5 Å². The first-order valence-electron chi connectivity index (χ1n) is 5.82. The van der Waals surface area contributed by atoms with Gasteiger partial charge in [0.2, 0.25) is 5.91 Å². The predicted molar refractivity (Wildman–Crippen MR) is 68.2 cm³/mol. The Morgan fingerprint density at radius 2 is 2.25 bits per heavy atom. The van der Waals surface area contributed by atoms with Crippen LogP contribution in [0.4, 0.5) is 13.6 Å². The molecule has 0 spiro atoms. The Morgan fingerprint density at radius 1 is 1.55 bits per heavy atom. The van der Waals surface area contributed by atoms with Crippen LogP contribution in [-0.2, 0) is 11.3 Å². The number of hydrogen-bond acceptors (Lipinski definition) is 2. The van der Waals surface area contributed by atoms with E-state index in [2.05, 4.69) is 10.6 Å². The van der Waals surface area contributed by atoms with Crippen molar-refractivity contribution in [2.24, 2.45) is 0 Å². The number of benzene rings is 1. The Labute approximate surface area is 118 Å². The number of nitrogens with one attached hydrogen (secondary N) is 2. The molecule has 1 atom stereocenters. The van der Waals surface area contributed by atoms with Crippen molar-refractivity contribution in [3.63, 3.8) is 0 Å². The third-order valence-electron chi connectivity index (χ3n) is 3.11. The summed E-state index contributed by atoms with van der Waals surface area (Å²) in [7, 11) is 1.50. The maximum atomic E-state index is 13.2. The van der Waals surface area contributed by atoms with Crippen LogP contribution in [0.25, 0.3) is 0 Å². The van der Waals surface area contributed by atoms with E-state index in [1.807, 2.05) is 0 Å². The van der Waals surface area contributed by atoms with Crippen molar-refractivity contribution in [3.8, 4) is 0 Å². The molecule has 0 bridgehead atoms. The number of urea groups is 1. The van der Waals surface area contributed by atoms with Crippen molar-refractivity contribution >= 4 is 23.5 Å². The molecule has 0 aromatic heterocycles. The molecule has 1 aliphatic rings. The van der Waals surface area contributed by atoms with Crippen LogP contribution in [0.3, 0.4) is 0 Å². The zero-order valence-corrected chi connectivity index (χ0v) is 11.3. The minimum atomic E-state index is -1.15. The first kappa shape index (κ1) is 14.5. The topological polar surface area (TPSA) is 61.4 Å². The van der Waals surface area contributed by atoms with Gasteiger partial charge in [0.15, 0.2) is 11.6 Å². The molecule has 0 aliphatic carbocycles. The molecule has 0 radical (unpaired) electrons. The van der Waals surface area contributed by atoms with Gasteiger partial charge in [-0.05, 0) is 11.6 Å². The molecule has 20 heavy (non-hydrogen) atoms. The van der Waals surface area contributed by atoms with Crippen molar-refractivity contribution in [2.75, 3.05) is 13.6 Å². The van der Waals surface area contributed by atoms with E-state index in [0.717, 1.165) is 6.07 Å². The smallest absolute Gasteiger partial charge is 0.317 e. The molecule has 5 nitrogen and oxygen atoms in total. The highest BCUT2D eigenvalue weighted by Crippen LogP contribution is 2.22. The minimum absolute atomic E-state index is 0.0482. The van der Waals surface area contributed by atoms with Crippen LogP contribution in [0.2, 0.25) is 5.02 Å². The van der Waals surface area contributed by atoms with Gasteiger partial charge >= 0.3 is 6.03 Å². The summed E-state index contributed by atoms with van der Waals surface area (Å²) in [4.78, 5) is 24.4. The molecule has 1 aromatic carbocycles. The van der Waals surface area contributed by atoms with E-state index in [-0.39, 0.29) is 29.7 Å². The third-order valence-corrected chi connectivity index (χ3v) is 3.51. The summed E-state index contributed by atoms with van der Waals surface area (Å²) in [6.07, 6.45) is 0. The fraction of sp³-hybridized carbons (Fsp3) is 0.333. The molecule has 1 aliphatic heterocycles. The third kappa shape index (κ3) is 2.67. The number of rotatable bonds is 3. The lowest BCUT2D eigenvalue weighted by atomic mass is 10.2. The van der Waals surface area contributed by atoms with E-state index in [1.54, 1.807) is 0 Å². The quantitative estimate of drug-likeness (QED) is 0.826. The summed E-state index contributed by atoms with van der Waals surface area (Å²) in [6.45, 7) is 0.153. The first-order valence-corrected chi connectivity index (χ1v) is 6.20. The molecular formula is C12H12ClF2N3O2. The second-order valence-corrected chi connectivity index (χ2v) is 4.74. The maximum absolute atomic E-state index is 13.2. The monoisotopic (exact) mass is 303 g/mol. The Bertz CT molecular complexity index is 568. The van der Waals surface area contributed by atoms with E-state index >= 15 is 0 Å². The lowest BCUT2D eigenvalue weighted by Gasteiger charge is -2.17. The highest BCUT2D eigenvalue weighted by atomic mass is 35.5. The summed E-state index contributed by atoms with van der Waals surface area (Å²) >= 11 is 5.65. The first-order chi connectivity index (χ1) is 9.41. The van der Waals surface area contributed by atoms with E-state index in [4.69, 9.17) is 11.6 Å². The normalized spacial score (nSPS) is 18.1. The van der Waals surface area contributed by atoms with Crippen LogP contribution in [0.1, 0.15) is 5.56 Å².